The molecule has 0 bridgehead atoms. The van der Waals surface area contributed by atoms with E-state index >= 15 is 0 Å². The predicted octanol–water partition coefficient (Wildman–Crippen LogP) is 5.27. The Morgan fingerprint density at radius 3 is 2.07 bits per heavy atom. The van der Waals surface area contributed by atoms with Crippen LogP contribution in [0.25, 0.3) is 0 Å². The Balaban J connectivity index is 1.60. The number of urea groups is 1. The fourth-order valence-electron chi connectivity index (χ4n) is 7.33. The van der Waals surface area contributed by atoms with Gasteiger partial charge in [0, 0.05) is 44.6 Å². The minimum absolute atomic E-state index is 0.0843. The summed E-state index contributed by atoms with van der Waals surface area (Å²) in [5.74, 6) is -0.974. The normalized spacial score (nSPS) is 16.6. The highest BCUT2D eigenvalue weighted by molar-refractivity contribution is 5.88. The number of carbonyl (C=O) groups excluding carboxylic acids is 3. The van der Waals surface area contributed by atoms with Gasteiger partial charge in [0.15, 0.2) is 0 Å². The molecule has 2 heterocycles. The van der Waals surface area contributed by atoms with Crippen LogP contribution in [0.3, 0.4) is 0 Å². The van der Waals surface area contributed by atoms with Crippen LogP contribution in [0.2, 0.25) is 0 Å². The van der Waals surface area contributed by atoms with E-state index in [1.165, 1.54) is 7.05 Å². The van der Waals surface area contributed by atoms with Crippen molar-refractivity contribution in [2.24, 2.45) is 11.3 Å². The summed E-state index contributed by atoms with van der Waals surface area (Å²) >= 11 is 0. The first-order chi connectivity index (χ1) is 25.6. The first-order valence-corrected chi connectivity index (χ1v) is 18.9. The zero-order valence-corrected chi connectivity index (χ0v) is 32.7. The Labute approximate surface area is 319 Å². The molecule has 0 saturated carbocycles. The molecule has 1 aromatic heterocycles. The molecular weight excluding hydrogens is 684 g/mol. The lowest BCUT2D eigenvalue weighted by Gasteiger charge is -2.37. The van der Waals surface area contributed by atoms with Gasteiger partial charge in [-0.25, -0.2) is 9.59 Å². The minimum Gasteiger partial charge on any atom is -0.465 e. The summed E-state index contributed by atoms with van der Waals surface area (Å²) in [5, 5.41) is 28.0. The molecule has 12 nitrogen and oxygen atoms in total. The number of nitrogens with one attached hydrogen (secondary N) is 2. The van der Waals surface area contributed by atoms with Gasteiger partial charge in [-0.15, -0.1) is 0 Å². The molecular formula is C42H58N6O6. The van der Waals surface area contributed by atoms with Crippen LogP contribution in [0.4, 0.5) is 9.59 Å². The number of rotatable bonds is 17. The maximum atomic E-state index is 14.4. The number of carboxylic acid groups (broad SMARTS) is 1. The number of aromatic nitrogens is 1. The van der Waals surface area contributed by atoms with Gasteiger partial charge in [-0.2, -0.15) is 0 Å². The number of pyridine rings is 1. The molecule has 4 N–H and O–H groups in total. The quantitative estimate of drug-likeness (QED) is 0.147. The molecule has 12 heteroatoms. The van der Waals surface area contributed by atoms with Gasteiger partial charge in [-0.3, -0.25) is 19.5 Å². The number of hydrogen-bond donors (Lipinski definition) is 4. The summed E-state index contributed by atoms with van der Waals surface area (Å²) in [5.41, 5.74) is 2.89. The molecule has 3 aromatic rings. The second kappa shape index (κ2) is 18.9. The molecule has 0 aliphatic carbocycles. The van der Waals surface area contributed by atoms with E-state index in [0.29, 0.717) is 32.5 Å². The number of carbonyl (C=O) groups is 4. The van der Waals surface area contributed by atoms with Crippen molar-refractivity contribution in [3.63, 3.8) is 0 Å². The molecule has 4 rings (SSSR count). The van der Waals surface area contributed by atoms with Gasteiger partial charge in [0.25, 0.3) is 0 Å². The SMILES string of the molecule is CCC(C)[C@@H](C(=O)N[C@@H](Cc1ccccc1)C[C@H](O)[C@H](Cc1ccccc1)NC(=O)[C@@H](N(C)C(=O)O)C(C)(C)C)N1CCN(Cc2cccnc2C)C1=O. The van der Waals surface area contributed by atoms with Crippen molar-refractivity contribution < 1.29 is 29.4 Å². The fraction of sp³-hybridized carbons (Fsp3) is 0.500. The molecule has 1 fully saturated rings. The predicted molar refractivity (Wildman–Crippen MR) is 209 cm³/mol. The summed E-state index contributed by atoms with van der Waals surface area (Å²) < 4.78 is 0. The van der Waals surface area contributed by atoms with E-state index in [4.69, 9.17) is 0 Å². The summed E-state index contributed by atoms with van der Waals surface area (Å²) in [4.78, 5) is 62.9. The first-order valence-electron chi connectivity index (χ1n) is 18.9. The topological polar surface area (TPSA) is 155 Å². The largest absolute Gasteiger partial charge is 0.465 e. The van der Waals surface area contributed by atoms with Crippen molar-refractivity contribution >= 4 is 23.9 Å². The number of nitrogens with zero attached hydrogens (tertiary/aromatic N) is 4. The van der Waals surface area contributed by atoms with E-state index in [1.807, 2.05) is 93.6 Å². The third kappa shape index (κ3) is 11.0. The number of amides is 5. The van der Waals surface area contributed by atoms with Crippen LogP contribution in [0, 0.1) is 18.3 Å². The highest BCUT2D eigenvalue weighted by atomic mass is 16.4. The first kappa shape index (κ1) is 41.8. The fourth-order valence-corrected chi connectivity index (χ4v) is 7.33. The Hall–Kier alpha value is -4.97. The van der Waals surface area contributed by atoms with Gasteiger partial charge >= 0.3 is 12.1 Å². The summed E-state index contributed by atoms with van der Waals surface area (Å²) in [6, 6.07) is 19.6. The number of benzene rings is 2. The highest BCUT2D eigenvalue weighted by Crippen LogP contribution is 2.26. The van der Waals surface area contributed by atoms with E-state index in [1.54, 1.807) is 36.8 Å². The number of hydrogen-bond acceptors (Lipinski definition) is 6. The lowest BCUT2D eigenvalue weighted by atomic mass is 9.84. The third-order valence-corrected chi connectivity index (χ3v) is 10.4. The second-order valence-corrected chi connectivity index (χ2v) is 15.6. The smallest absolute Gasteiger partial charge is 0.407 e. The second-order valence-electron chi connectivity index (χ2n) is 15.6. The van der Waals surface area contributed by atoms with E-state index < -0.39 is 47.7 Å². The van der Waals surface area contributed by atoms with Crippen LogP contribution in [-0.4, -0.2) is 104 Å². The van der Waals surface area contributed by atoms with Gasteiger partial charge in [0.1, 0.15) is 12.1 Å². The Bertz CT molecular complexity index is 1700. The maximum absolute atomic E-state index is 14.4. The molecule has 1 aliphatic rings. The minimum atomic E-state index is -1.24. The molecule has 0 radical (unpaired) electrons. The van der Waals surface area contributed by atoms with Crippen molar-refractivity contribution in [3.8, 4) is 0 Å². The molecule has 54 heavy (non-hydrogen) atoms. The zero-order valence-electron chi connectivity index (χ0n) is 32.7. The molecule has 6 atom stereocenters. The van der Waals surface area contributed by atoms with Crippen molar-refractivity contribution in [2.75, 3.05) is 20.1 Å². The zero-order chi connectivity index (χ0) is 39.6. The van der Waals surface area contributed by atoms with Crippen molar-refractivity contribution in [1.82, 2.24) is 30.3 Å². The van der Waals surface area contributed by atoms with E-state index in [2.05, 4.69) is 15.6 Å². The third-order valence-electron chi connectivity index (χ3n) is 10.4. The van der Waals surface area contributed by atoms with E-state index in [0.717, 1.165) is 27.3 Å². The molecule has 1 unspecified atom stereocenters. The van der Waals surface area contributed by atoms with Crippen molar-refractivity contribution in [2.45, 2.75) is 104 Å². The van der Waals surface area contributed by atoms with Gasteiger partial charge in [-0.1, -0.05) is 108 Å². The van der Waals surface area contributed by atoms with Crippen molar-refractivity contribution in [1.29, 1.82) is 0 Å². The monoisotopic (exact) mass is 742 g/mol. The van der Waals surface area contributed by atoms with E-state index in [9.17, 15) is 29.4 Å². The Morgan fingerprint density at radius 1 is 0.907 bits per heavy atom. The number of aliphatic hydroxyl groups is 1. The molecule has 1 saturated heterocycles. The van der Waals surface area contributed by atoms with Gasteiger partial charge in [0.2, 0.25) is 11.8 Å². The summed E-state index contributed by atoms with van der Waals surface area (Å²) in [6.07, 6.45) is 0.779. The average molecular weight is 743 g/mol. The standard InChI is InChI=1S/C42H58N6O6/c1-8-28(2)36(48-23-22-47(40(48)52)27-32-20-15-21-43-29(32)3)38(50)44-33(24-30-16-11-9-12-17-30)26-35(49)34(25-31-18-13-10-14-19-31)45-39(51)37(42(4,5)6)46(7)41(53)54/h9-21,28,33-37,49H,8,22-27H2,1-7H3,(H,44,50)(H,45,51)(H,53,54)/t28?,33-,34-,35-,36-,37+/m0/s1. The van der Waals surface area contributed by atoms with Crippen LogP contribution in [-0.2, 0) is 29.0 Å². The lowest BCUT2D eigenvalue weighted by molar-refractivity contribution is -0.131. The lowest BCUT2D eigenvalue weighted by Crippen LogP contribution is -2.58. The van der Waals surface area contributed by atoms with Crippen LogP contribution < -0.4 is 10.6 Å². The van der Waals surface area contributed by atoms with Crippen LogP contribution >= 0.6 is 0 Å². The van der Waals surface area contributed by atoms with Crippen molar-refractivity contribution in [3.05, 3.63) is 101 Å². The maximum Gasteiger partial charge on any atom is 0.407 e. The highest BCUT2D eigenvalue weighted by Gasteiger charge is 2.42. The van der Waals surface area contributed by atoms with Crippen LogP contribution in [0.15, 0.2) is 79.0 Å². The number of likely N-dealkylation sites (N-methyl/N-ethyl adjacent to an activating group) is 1. The number of aliphatic hydroxyl groups excluding tert-OH is 1. The van der Waals surface area contributed by atoms with E-state index in [-0.39, 0.29) is 30.7 Å². The van der Waals surface area contributed by atoms with Gasteiger partial charge in [-0.05, 0) is 60.3 Å². The van der Waals surface area contributed by atoms with Crippen LogP contribution in [0.5, 0.6) is 0 Å². The Morgan fingerprint density at radius 2 is 1.52 bits per heavy atom. The molecule has 1 aliphatic heterocycles. The number of aryl methyl sites for hydroxylation is 1. The summed E-state index contributed by atoms with van der Waals surface area (Å²) in [6.45, 7) is 12.5. The average Bonchev–Trinajstić information content (AvgIpc) is 3.47. The molecule has 2 aromatic carbocycles. The van der Waals surface area contributed by atoms with Gasteiger partial charge < -0.3 is 30.6 Å². The molecule has 5 amide bonds. The summed E-state index contributed by atoms with van der Waals surface area (Å²) in [7, 11) is 1.36. The molecule has 292 valence electrons. The van der Waals surface area contributed by atoms with Crippen LogP contribution in [0.1, 0.15) is 69.8 Å². The Kier molecular flexibility index (Phi) is 14.6. The molecule has 0 spiro atoms. The van der Waals surface area contributed by atoms with Gasteiger partial charge in [0.05, 0.1) is 12.1 Å².